The van der Waals surface area contributed by atoms with E-state index in [1.807, 2.05) is 0 Å². The summed E-state index contributed by atoms with van der Waals surface area (Å²) in [5, 5.41) is 16.8. The molecule has 0 aliphatic carbocycles. The zero-order valence-electron chi connectivity index (χ0n) is 19.5. The van der Waals surface area contributed by atoms with Crippen molar-refractivity contribution in [1.29, 1.82) is 0 Å². The molecule has 37 heavy (non-hydrogen) atoms. The first kappa shape index (κ1) is 25.7. The number of rotatable bonds is 8. The number of nitrogens with zero attached hydrogens (tertiary/aromatic N) is 1. The Hall–Kier alpha value is -4.38. The van der Waals surface area contributed by atoms with Gasteiger partial charge in [0.2, 0.25) is 11.8 Å². The molecule has 2 aliphatic rings. The minimum atomic E-state index is -1.18. The average Bonchev–Trinajstić information content (AvgIpc) is 3.16. The van der Waals surface area contributed by atoms with Gasteiger partial charge in [-0.2, -0.15) is 0 Å². The lowest BCUT2D eigenvalue weighted by atomic mass is 10.0. The van der Waals surface area contributed by atoms with E-state index in [-0.39, 0.29) is 60.7 Å². The number of piperidine rings is 1. The van der Waals surface area contributed by atoms with Gasteiger partial charge in [0.25, 0.3) is 5.91 Å². The van der Waals surface area contributed by atoms with Crippen LogP contribution in [0.15, 0.2) is 48.6 Å². The summed E-state index contributed by atoms with van der Waals surface area (Å²) < 4.78 is 5.37. The molecular weight excluding hydrogens is 504 g/mol. The van der Waals surface area contributed by atoms with Crippen molar-refractivity contribution >= 4 is 47.0 Å². The zero-order valence-corrected chi connectivity index (χ0v) is 20.3. The molecule has 2 heterocycles. The molecule has 11 nitrogen and oxygen atoms in total. The van der Waals surface area contributed by atoms with Crippen LogP contribution in [0.4, 0.5) is 10.5 Å². The van der Waals surface area contributed by atoms with E-state index in [0.29, 0.717) is 11.3 Å². The third-order valence-electron chi connectivity index (χ3n) is 5.89. The molecule has 2 aromatic carbocycles. The van der Waals surface area contributed by atoms with Gasteiger partial charge in [-0.05, 0) is 35.7 Å². The Balaban J connectivity index is 1.34. The van der Waals surface area contributed by atoms with Gasteiger partial charge in [0, 0.05) is 41.9 Å². The van der Waals surface area contributed by atoms with Gasteiger partial charge in [0.05, 0.1) is 5.57 Å². The minimum absolute atomic E-state index is 0.136. The quantitative estimate of drug-likeness (QED) is 0.304. The summed E-state index contributed by atoms with van der Waals surface area (Å²) in [7, 11) is 0. The number of amides is 5. The van der Waals surface area contributed by atoms with E-state index in [2.05, 4.69) is 22.5 Å². The summed E-state index contributed by atoms with van der Waals surface area (Å²) in [5.74, 6) is -2.01. The molecule has 0 saturated carbocycles. The number of carbonyl (C=O) groups is 5. The molecule has 5 amide bonds. The van der Waals surface area contributed by atoms with Crippen molar-refractivity contribution in [3.05, 3.63) is 70.3 Å². The van der Waals surface area contributed by atoms with E-state index in [0.717, 1.165) is 11.1 Å². The van der Waals surface area contributed by atoms with Crippen LogP contribution in [-0.2, 0) is 27.5 Å². The van der Waals surface area contributed by atoms with Crippen molar-refractivity contribution in [2.24, 2.45) is 0 Å². The molecular formula is C25H23ClN4O7. The largest absolute Gasteiger partial charge is 0.489 e. The van der Waals surface area contributed by atoms with Crippen LogP contribution < -0.4 is 20.7 Å². The minimum Gasteiger partial charge on any atom is -0.489 e. The lowest BCUT2D eigenvalue weighted by molar-refractivity contribution is -0.137. The SMILES string of the molecule is C=C(COc1cc(Cl)cc(NC(=O)NCc2ccc3c(c2)CN(C2CCC(=O)NC2=O)C3=O)c1)C(=O)O. The molecule has 2 aliphatic heterocycles. The van der Waals surface area contributed by atoms with E-state index < -0.39 is 23.9 Å². The summed E-state index contributed by atoms with van der Waals surface area (Å²) in [6.07, 6.45) is 0.461. The van der Waals surface area contributed by atoms with Crippen LogP contribution in [-0.4, -0.2) is 52.4 Å². The molecule has 4 rings (SSSR count). The number of benzene rings is 2. The van der Waals surface area contributed by atoms with Crippen LogP contribution in [0.2, 0.25) is 5.02 Å². The summed E-state index contributed by atoms with van der Waals surface area (Å²) in [4.78, 5) is 61.2. The fraction of sp³-hybridized carbons (Fsp3) is 0.240. The van der Waals surface area contributed by atoms with Crippen molar-refractivity contribution in [3.8, 4) is 5.75 Å². The third kappa shape index (κ3) is 6.07. The number of nitrogens with one attached hydrogen (secondary N) is 3. The predicted molar refractivity (Wildman–Crippen MR) is 132 cm³/mol. The van der Waals surface area contributed by atoms with Gasteiger partial charge >= 0.3 is 12.0 Å². The highest BCUT2D eigenvalue weighted by Gasteiger charge is 2.39. The fourth-order valence-electron chi connectivity index (χ4n) is 4.05. The molecule has 1 fully saturated rings. The maximum absolute atomic E-state index is 12.8. The number of ether oxygens (including phenoxy) is 1. The third-order valence-corrected chi connectivity index (χ3v) is 6.10. The van der Waals surface area contributed by atoms with Gasteiger partial charge in [-0.25, -0.2) is 9.59 Å². The molecule has 0 bridgehead atoms. The van der Waals surface area contributed by atoms with Crippen LogP contribution >= 0.6 is 11.6 Å². The number of hydrogen-bond donors (Lipinski definition) is 4. The number of carboxylic acid groups (broad SMARTS) is 1. The summed E-state index contributed by atoms with van der Waals surface area (Å²) in [5.41, 5.74) is 2.15. The Morgan fingerprint density at radius 1 is 1.19 bits per heavy atom. The Labute approximate surface area is 216 Å². The smallest absolute Gasteiger partial charge is 0.334 e. The fourth-order valence-corrected chi connectivity index (χ4v) is 4.27. The molecule has 0 radical (unpaired) electrons. The number of hydrogen-bond acceptors (Lipinski definition) is 6. The number of urea groups is 1. The van der Waals surface area contributed by atoms with Crippen molar-refractivity contribution in [2.75, 3.05) is 11.9 Å². The van der Waals surface area contributed by atoms with Crippen LogP contribution in [0.5, 0.6) is 5.75 Å². The van der Waals surface area contributed by atoms with Gasteiger partial charge in [0.1, 0.15) is 18.4 Å². The van der Waals surface area contributed by atoms with E-state index in [1.54, 1.807) is 18.2 Å². The molecule has 0 spiro atoms. The van der Waals surface area contributed by atoms with Crippen LogP contribution in [0.1, 0.15) is 34.3 Å². The van der Waals surface area contributed by atoms with Crippen LogP contribution in [0.25, 0.3) is 0 Å². The standard InChI is InChI=1S/C25H23ClN4O7/c1-13(24(34)35)12-37-18-8-16(26)7-17(9-18)28-25(36)27-10-14-2-3-19-15(6-14)11-30(23(19)33)20-4-5-21(31)29-22(20)32/h2-3,6-9,20H,1,4-5,10-12H2,(H,34,35)(H2,27,28,36)(H,29,31,32). The van der Waals surface area contributed by atoms with Crippen molar-refractivity contribution < 1.29 is 33.8 Å². The molecule has 4 N–H and O–H groups in total. The number of carbonyl (C=O) groups excluding carboxylic acids is 4. The first-order valence-corrected chi connectivity index (χ1v) is 11.6. The first-order chi connectivity index (χ1) is 17.6. The van der Waals surface area contributed by atoms with Crippen LogP contribution in [0.3, 0.4) is 0 Å². The molecule has 2 aromatic rings. The number of fused-ring (bicyclic) bond motifs is 1. The summed E-state index contributed by atoms with van der Waals surface area (Å²) in [6.45, 7) is 3.54. The second kappa shape index (κ2) is 10.7. The number of carboxylic acids is 1. The van der Waals surface area contributed by atoms with Gasteiger partial charge in [-0.3, -0.25) is 19.7 Å². The molecule has 12 heteroatoms. The topological polar surface area (TPSA) is 154 Å². The molecule has 1 saturated heterocycles. The normalized spacial score (nSPS) is 16.6. The van der Waals surface area contributed by atoms with E-state index in [1.165, 1.54) is 23.1 Å². The lowest BCUT2D eigenvalue weighted by Gasteiger charge is -2.29. The maximum atomic E-state index is 12.8. The van der Waals surface area contributed by atoms with Crippen LogP contribution in [0, 0.1) is 0 Å². The Morgan fingerprint density at radius 2 is 1.97 bits per heavy atom. The van der Waals surface area contributed by atoms with Gasteiger partial charge in [-0.1, -0.05) is 30.3 Å². The maximum Gasteiger partial charge on any atom is 0.334 e. The average molecular weight is 527 g/mol. The number of imide groups is 1. The monoisotopic (exact) mass is 526 g/mol. The second-order valence-electron chi connectivity index (χ2n) is 8.57. The van der Waals surface area contributed by atoms with E-state index in [4.69, 9.17) is 21.4 Å². The van der Waals surface area contributed by atoms with Gasteiger partial charge < -0.3 is 25.4 Å². The second-order valence-corrected chi connectivity index (χ2v) is 9.01. The Kier molecular flexibility index (Phi) is 7.44. The van der Waals surface area contributed by atoms with Gasteiger partial charge in [-0.15, -0.1) is 0 Å². The number of halogens is 1. The van der Waals surface area contributed by atoms with Crippen molar-refractivity contribution in [1.82, 2.24) is 15.5 Å². The Bertz CT molecular complexity index is 1330. The molecule has 1 unspecified atom stereocenters. The zero-order chi connectivity index (χ0) is 26.7. The predicted octanol–water partition coefficient (Wildman–Crippen LogP) is 2.44. The van der Waals surface area contributed by atoms with E-state index in [9.17, 15) is 24.0 Å². The van der Waals surface area contributed by atoms with E-state index >= 15 is 0 Å². The highest BCUT2D eigenvalue weighted by Crippen LogP contribution is 2.28. The molecule has 1 atom stereocenters. The molecule has 0 aromatic heterocycles. The van der Waals surface area contributed by atoms with Gasteiger partial charge in [0.15, 0.2) is 0 Å². The van der Waals surface area contributed by atoms with Crippen molar-refractivity contribution in [2.45, 2.75) is 32.0 Å². The highest BCUT2D eigenvalue weighted by molar-refractivity contribution is 6.31. The lowest BCUT2D eigenvalue weighted by Crippen LogP contribution is -2.52. The summed E-state index contributed by atoms with van der Waals surface area (Å²) >= 11 is 6.07. The summed E-state index contributed by atoms with van der Waals surface area (Å²) in [6, 6.07) is 8.42. The highest BCUT2D eigenvalue weighted by atomic mass is 35.5. The Morgan fingerprint density at radius 3 is 2.70 bits per heavy atom. The molecule has 192 valence electrons. The number of aliphatic carboxylic acids is 1. The van der Waals surface area contributed by atoms with Crippen molar-refractivity contribution in [3.63, 3.8) is 0 Å². The first-order valence-electron chi connectivity index (χ1n) is 11.3. The number of anilines is 1.